The summed E-state index contributed by atoms with van der Waals surface area (Å²) in [6, 6.07) is 0. The molecule has 0 bridgehead atoms. The van der Waals surface area contributed by atoms with Gasteiger partial charge >= 0.3 is 90.0 Å². The van der Waals surface area contributed by atoms with Gasteiger partial charge in [-0.1, -0.05) is 23.3 Å². The smallest absolute Gasteiger partial charge is 0.400 e. The van der Waals surface area contributed by atoms with Crippen molar-refractivity contribution >= 4 is 461 Å². The van der Waals surface area contributed by atoms with Crippen LogP contribution in [0, 0.1) is 0 Å². The van der Waals surface area contributed by atoms with Crippen LogP contribution in [0.5, 0.6) is 0 Å². The van der Waals surface area contributed by atoms with Crippen molar-refractivity contribution < 1.29 is 117 Å². The molecule has 29 nitrogen and oxygen atoms in total. The number of halogens is 6. The quantitative estimate of drug-likeness (QED) is 0.0114. The summed E-state index contributed by atoms with van der Waals surface area (Å²) in [5, 5.41) is 11.3. The molecule has 0 saturated heterocycles. The number of esters is 2. The Balaban J connectivity index is -0.0000000447. The summed E-state index contributed by atoms with van der Waals surface area (Å²) in [6.07, 6.45) is 0. The molecule has 0 aromatic rings. The number of rotatable bonds is 18. The average molecular weight is 2500 g/mol. The first kappa shape index (κ1) is 149. The van der Waals surface area contributed by atoms with Gasteiger partial charge in [-0.15, -0.1) is 170 Å². The van der Waals surface area contributed by atoms with Gasteiger partial charge in [0, 0.05) is 79.7 Å². The molecule has 1 amide bonds. The summed E-state index contributed by atoms with van der Waals surface area (Å²) in [5.74, 6) is -1.63. The standard InChI is InChI=1S/C4H6O3.C3H7NO4S.C3H6O.CH3ClO3S.CH3N3O3S.CH5NO3S.CH4O.CH4.Cl2O2S.H11IP10.H10IP9.H9IP8.N3.H3N.Na.H10P8.H2S/c1-3(5)7-4(2)6;1-3(5)4-9(6,7)8-2;1-3(2)4;1-5-6(2,3)4;1-7-8(5,6)4-3-2;1-5-6(2,3)4;1-2;;1-5(2,3)4;1-8(9(3)4)11(7-2)10(5)6;1-7(8(2)3)10(6)9(4)5;1-7(8(3)4)9(5)6-2;1-3-2;;;1-6(2)8(5)7(3)4;/h1-2H3;1-2H3,(H,4,5);1-2H3;1H3;1H3;1H3,(H2,2,3,4);2H,1H3;1H4;;7H,2-6H2;2-6H2;6H,2-5H2;;1H3;;1-5H2;1H2/q;;;;;;;;;;;;-1;;+1;;. The number of ketones is 1. The minimum absolute atomic E-state index is 0. The zero-order chi connectivity index (χ0) is 74.7. The van der Waals surface area contributed by atoms with Gasteiger partial charge in [0.25, 0.3) is 0 Å². The molecule has 0 rings (SSSR count). The molecule has 77 heteroatoms. The number of azide groups is 1. The maximum atomic E-state index is 10.3. The minimum atomic E-state index is -3.96. The summed E-state index contributed by atoms with van der Waals surface area (Å²) in [4.78, 5) is 43.4. The van der Waals surface area contributed by atoms with E-state index in [-0.39, 0.29) is 147 Å². The predicted octanol–water partition coefficient (Wildman–Crippen LogP) is 20.0. The Kier molecular flexibility index (Phi) is 158. The van der Waals surface area contributed by atoms with E-state index in [4.69, 9.17) is 30.1 Å². The van der Waals surface area contributed by atoms with E-state index in [1.807, 2.05) is 4.91 Å². The zero-order valence-corrected chi connectivity index (χ0v) is 101. The third-order valence-electron chi connectivity index (χ3n) is 3.81. The van der Waals surface area contributed by atoms with E-state index in [0.29, 0.717) is 6.99 Å². The number of amides is 1. The van der Waals surface area contributed by atoms with Gasteiger partial charge in [0.1, 0.15) is 5.78 Å². The molecule has 0 radical (unpaired) electrons. The van der Waals surface area contributed by atoms with Crippen molar-refractivity contribution in [3.63, 3.8) is 0 Å². The molecule has 0 heterocycles. The van der Waals surface area contributed by atoms with Crippen molar-refractivity contribution in [3.8, 4) is 0 Å². The SMILES string of the molecule is C.CC(=O)OC(C)=O.CC(C)=O.CO.COS(=O)(=O)Cl.COS(=O)(=O)N=[N+]=[N-].COS(=O)(=O)NC(C)=O.COS(N)(=O)=O.N.O=S(=O)(Cl)Cl.PP(P)P(P)P(I)P(P)P.PP(P)P(P)P(P)P.PPP(P(P)P)P(I)P(P)P.PPP(P)P(I)P(P)P.S.[N-]=[N+]=[N-].[Na+]. The van der Waals surface area contributed by atoms with Gasteiger partial charge in [0.05, 0.1) is 33.0 Å². The van der Waals surface area contributed by atoms with E-state index >= 15 is 0 Å². The third-order valence-corrected chi connectivity index (χ3v) is 236. The molecule has 0 saturated carbocycles. The van der Waals surface area contributed by atoms with Crippen LogP contribution in [-0.4, -0.2) is 106 Å². The van der Waals surface area contributed by atoms with Crippen LogP contribution in [0.15, 0.2) is 4.52 Å². The van der Waals surface area contributed by atoms with Crippen molar-refractivity contribution in [2.24, 2.45) is 9.66 Å². The van der Waals surface area contributed by atoms with Gasteiger partial charge in [-0.2, -0.15) is 55.6 Å². The molecule has 7 N–H and O–H groups in total. The maximum absolute atomic E-state index is 10.3. The number of nitrogens with zero attached hydrogens (tertiary/aromatic N) is 6. The van der Waals surface area contributed by atoms with Crippen LogP contribution in [0.1, 0.15) is 42.0 Å². The largest absolute Gasteiger partial charge is 1.00 e. The fourth-order valence-electron chi connectivity index (χ4n) is 1.26. The second-order valence-corrected chi connectivity index (χ2v) is 164. The van der Waals surface area contributed by atoms with E-state index in [9.17, 15) is 52.8 Å². The van der Waals surface area contributed by atoms with Crippen molar-refractivity contribution in [3.05, 3.63) is 26.4 Å². The monoisotopic (exact) mass is 2490 g/mol. The molecule has 27 unspecified atom stereocenters. The summed E-state index contributed by atoms with van der Waals surface area (Å²) >= 11 is 7.91. The fourth-order valence-corrected chi connectivity index (χ4v) is 224. The number of nitrogens with two attached hydrogens (primary N) is 1. The Morgan fingerprint density at radius 1 is 0.554 bits per heavy atom. The number of carbonyl (C=O) groups excluding carboxylic acids is 4. The molecule has 27 atom stereocenters. The fraction of sp³-hybridized carbons (Fsp3) is 0.733. The Morgan fingerprint density at radius 3 is 0.870 bits per heavy atom. The van der Waals surface area contributed by atoms with E-state index in [0.717, 1.165) is 58.4 Å². The Labute approximate surface area is 692 Å². The van der Waals surface area contributed by atoms with Gasteiger partial charge in [0.15, 0.2) is 0 Å². The molecule has 0 aliphatic carbocycles. The normalized spacial score (nSPS) is 12.2. The van der Waals surface area contributed by atoms with Gasteiger partial charge in [-0.25, -0.2) is 9.86 Å². The first-order valence-electron chi connectivity index (χ1n) is 18.2. The van der Waals surface area contributed by atoms with Crippen LogP contribution in [0.2, 0.25) is 0 Å². The van der Waals surface area contributed by atoms with Crippen molar-refractivity contribution in [1.29, 1.82) is 0 Å². The second kappa shape index (κ2) is 97.4. The van der Waals surface area contributed by atoms with Gasteiger partial charge in [-0.3, -0.25) is 36.0 Å². The number of carbonyl (C=O) groups is 4. The number of hydrogen-bond donors (Lipinski definition) is 4. The molecule has 0 aliphatic heterocycles. The average Bonchev–Trinajstić information content (AvgIpc) is 3.35. The van der Waals surface area contributed by atoms with Gasteiger partial charge < -0.3 is 31.9 Å². The van der Waals surface area contributed by atoms with E-state index in [2.05, 4.69) is 299 Å². The topological polar surface area (TPSA) is 486 Å². The van der Waals surface area contributed by atoms with Crippen LogP contribution in [0.4, 0.5) is 0 Å². The predicted molar refractivity (Wildman–Crippen MR) is 537 cm³/mol. The van der Waals surface area contributed by atoms with Crippen LogP contribution in [-0.2, 0) is 89.2 Å². The van der Waals surface area contributed by atoms with Crippen molar-refractivity contribution in [1.82, 2.24) is 10.9 Å². The number of nitrogens with one attached hydrogen (secondary N) is 1. The Hall–Kier alpha value is 15.8. The Morgan fingerprint density at radius 2 is 0.815 bits per heavy atom. The summed E-state index contributed by atoms with van der Waals surface area (Å²) in [7, 11) is 56.8. The molecular weight excluding hydrogens is 2410 g/mol. The molecule has 0 aliphatic rings. The molecule has 0 aromatic heterocycles. The first-order valence-corrected chi connectivity index (χ1v) is 96.8. The van der Waals surface area contributed by atoms with Crippen molar-refractivity contribution in [2.45, 2.75) is 42.0 Å². The molecular formula is C15H83Cl3I3N9NaO20P35S6. The number of ether oxygens (including phenoxy) is 1. The van der Waals surface area contributed by atoms with E-state index in [1.165, 1.54) is 32.6 Å². The number of Topliss-reactive ketones (excluding diaryl/α,β-unsaturated/α-hetero) is 1. The second-order valence-electron chi connectivity index (χ2n) is 10.6. The Bertz CT molecular complexity index is 2360. The molecule has 92 heavy (non-hydrogen) atoms. The minimum Gasteiger partial charge on any atom is -0.400 e. The summed E-state index contributed by atoms with van der Waals surface area (Å²) in [6.45, 7) is 8.56. The van der Waals surface area contributed by atoms with E-state index in [1.54, 1.807) is 4.72 Å². The number of hydrogen-bond acceptors (Lipinski definition) is 21. The molecule has 0 aromatic carbocycles. The number of aliphatic hydroxyl groups is 1. The third kappa shape index (κ3) is 162. The molecule has 0 spiro atoms. The molecule has 0 fully saturated rings. The van der Waals surface area contributed by atoms with Crippen LogP contribution in [0.3, 0.4) is 0 Å². The van der Waals surface area contributed by atoms with Crippen LogP contribution in [0.25, 0.3) is 26.4 Å². The van der Waals surface area contributed by atoms with Crippen LogP contribution >= 0.6 is 389 Å². The van der Waals surface area contributed by atoms with Gasteiger partial charge in [-0.05, 0) is 162 Å². The maximum Gasteiger partial charge on any atom is 1.00 e. The summed E-state index contributed by atoms with van der Waals surface area (Å²) in [5.41, 5.74) is 21.0. The van der Waals surface area contributed by atoms with Crippen molar-refractivity contribution in [2.75, 3.05) is 35.5 Å². The van der Waals surface area contributed by atoms with E-state index < -0.39 is 66.4 Å². The molecule has 562 valence electrons. The van der Waals surface area contributed by atoms with Gasteiger partial charge in [0.2, 0.25) is 5.91 Å². The number of aliphatic hydroxyl groups excluding tert-OH is 1. The first-order chi connectivity index (χ1) is 39.1. The summed E-state index contributed by atoms with van der Waals surface area (Å²) < 4.78 is 120. The van der Waals surface area contributed by atoms with Crippen LogP contribution < -0.4 is 45.6 Å². The zero-order valence-electron chi connectivity index (χ0n) is 48.7.